The first-order chi connectivity index (χ1) is 16.4. The van der Waals surface area contributed by atoms with Crippen LogP contribution in [0.15, 0.2) is 35.6 Å². The van der Waals surface area contributed by atoms with E-state index in [2.05, 4.69) is 38.6 Å². The Morgan fingerprint density at radius 3 is 2.94 bits per heavy atom. The van der Waals surface area contributed by atoms with Gasteiger partial charge in [-0.25, -0.2) is 15.0 Å². The molecule has 4 rings (SSSR count). The van der Waals surface area contributed by atoms with Crippen molar-refractivity contribution in [2.45, 2.75) is 53.1 Å². The molecule has 34 heavy (non-hydrogen) atoms. The van der Waals surface area contributed by atoms with E-state index in [-0.39, 0.29) is 18.0 Å². The Hall–Kier alpha value is -3.39. The third-order valence-corrected chi connectivity index (χ3v) is 6.15. The van der Waals surface area contributed by atoms with Gasteiger partial charge in [-0.05, 0) is 51.1 Å². The van der Waals surface area contributed by atoms with Crippen molar-refractivity contribution in [2.75, 3.05) is 25.0 Å². The molecule has 1 amide bonds. The van der Waals surface area contributed by atoms with Crippen LogP contribution in [0.4, 0.5) is 11.5 Å². The van der Waals surface area contributed by atoms with Gasteiger partial charge in [-0.1, -0.05) is 25.1 Å². The molecule has 0 bridgehead atoms. The molecule has 0 unspecified atom stereocenters. The lowest BCUT2D eigenvalue weighted by Crippen LogP contribution is -2.51. The van der Waals surface area contributed by atoms with Crippen molar-refractivity contribution in [3.8, 4) is 0 Å². The first-order valence-corrected chi connectivity index (χ1v) is 11.9. The Bertz CT molecular complexity index is 1220. The van der Waals surface area contributed by atoms with Gasteiger partial charge < -0.3 is 15.5 Å². The fourth-order valence-corrected chi connectivity index (χ4v) is 4.34. The molecule has 0 spiro atoms. The number of aliphatic imine (C=N–C) groups is 1. The molecule has 3 heterocycles. The lowest BCUT2D eigenvalue weighted by Gasteiger charge is -2.32. The Kier molecular flexibility index (Phi) is 7.17. The van der Waals surface area contributed by atoms with Crippen LogP contribution < -0.4 is 10.6 Å². The Balaban J connectivity index is 1.73. The van der Waals surface area contributed by atoms with Gasteiger partial charge >= 0.3 is 0 Å². The van der Waals surface area contributed by atoms with Crippen molar-refractivity contribution >= 4 is 34.4 Å². The summed E-state index contributed by atoms with van der Waals surface area (Å²) in [6.07, 6.45) is 4.21. The lowest BCUT2D eigenvalue weighted by atomic mass is 10.0. The number of aromatic nitrogens is 3. The summed E-state index contributed by atoms with van der Waals surface area (Å²) in [4.78, 5) is 33.7. The number of pyridine rings is 1. The van der Waals surface area contributed by atoms with Crippen LogP contribution in [0.1, 0.15) is 60.7 Å². The van der Waals surface area contributed by atoms with Crippen LogP contribution in [0.2, 0.25) is 0 Å². The molecule has 1 aliphatic heterocycles. The number of piperazine rings is 1. The largest absolute Gasteiger partial charge is 0.360 e. The predicted octanol–water partition coefficient (Wildman–Crippen LogP) is 4.36. The molecule has 0 saturated carbocycles. The zero-order valence-electron chi connectivity index (χ0n) is 20.6. The zero-order chi connectivity index (χ0) is 24.2. The molecule has 2 N–H and O–H groups in total. The molecule has 0 aliphatic carbocycles. The number of fused-ring (bicyclic) bond motifs is 1. The summed E-state index contributed by atoms with van der Waals surface area (Å²) in [5.41, 5.74) is 3.87. The Morgan fingerprint density at radius 2 is 2.18 bits per heavy atom. The minimum atomic E-state index is -0.191. The molecule has 0 radical (unpaired) electrons. The van der Waals surface area contributed by atoms with Crippen molar-refractivity contribution in [3.63, 3.8) is 0 Å². The quantitative estimate of drug-likeness (QED) is 0.532. The van der Waals surface area contributed by atoms with Crippen LogP contribution in [0.3, 0.4) is 0 Å². The highest BCUT2D eigenvalue weighted by molar-refractivity contribution is 6.06. The predicted molar refractivity (Wildman–Crippen MR) is 137 cm³/mol. The minimum absolute atomic E-state index is 0.0205. The van der Waals surface area contributed by atoms with E-state index >= 15 is 0 Å². The van der Waals surface area contributed by atoms with Gasteiger partial charge in [0.25, 0.3) is 5.91 Å². The fourth-order valence-electron chi connectivity index (χ4n) is 4.34. The van der Waals surface area contributed by atoms with Crippen molar-refractivity contribution in [2.24, 2.45) is 4.99 Å². The molecule has 2 atom stereocenters. The van der Waals surface area contributed by atoms with Gasteiger partial charge in [-0.2, -0.15) is 0 Å². The molecule has 3 aromatic rings. The van der Waals surface area contributed by atoms with Crippen LogP contribution >= 0.6 is 0 Å². The van der Waals surface area contributed by atoms with Crippen molar-refractivity contribution in [1.29, 1.82) is 0 Å². The summed E-state index contributed by atoms with van der Waals surface area (Å²) in [6, 6.07) is 8.22. The molecule has 1 aliphatic rings. The number of benzene rings is 1. The molecule has 8 heteroatoms. The summed E-state index contributed by atoms with van der Waals surface area (Å²) in [5, 5.41) is 8.77. The van der Waals surface area contributed by atoms with Gasteiger partial charge in [-0.15, -0.1) is 0 Å². The monoisotopic (exact) mass is 459 g/mol. The van der Waals surface area contributed by atoms with E-state index in [9.17, 15) is 4.79 Å². The molecular formula is C26H33N7O. The first-order valence-electron chi connectivity index (χ1n) is 11.9. The number of aryl methyl sites for hydroxylation is 2. The van der Waals surface area contributed by atoms with Gasteiger partial charge in [0.15, 0.2) is 5.82 Å². The summed E-state index contributed by atoms with van der Waals surface area (Å²) < 4.78 is 0. The number of carbonyl (C=O) groups is 1. The maximum atomic E-state index is 13.6. The SMILES string of the molecule is CCC=Nc1c(C)ncnc1N[C@@H](C)c1cc2cccc(C)c2c(C(=O)N2CCN[C@H](C)C2)n1. The average molecular weight is 460 g/mol. The number of rotatable bonds is 6. The van der Waals surface area contributed by atoms with Crippen LogP contribution in [-0.4, -0.2) is 57.6 Å². The van der Waals surface area contributed by atoms with Crippen LogP contribution in [0, 0.1) is 13.8 Å². The van der Waals surface area contributed by atoms with Crippen molar-refractivity contribution in [1.82, 2.24) is 25.2 Å². The number of nitrogens with zero attached hydrogens (tertiary/aromatic N) is 5. The van der Waals surface area contributed by atoms with E-state index in [0.29, 0.717) is 24.6 Å². The zero-order valence-corrected chi connectivity index (χ0v) is 20.6. The average Bonchev–Trinajstić information content (AvgIpc) is 2.82. The van der Waals surface area contributed by atoms with Gasteiger partial charge in [0.2, 0.25) is 0 Å². The normalized spacial score (nSPS) is 17.3. The highest BCUT2D eigenvalue weighted by Gasteiger charge is 2.26. The number of hydrogen-bond donors (Lipinski definition) is 2. The summed E-state index contributed by atoms with van der Waals surface area (Å²) >= 11 is 0. The molecule has 8 nitrogen and oxygen atoms in total. The van der Waals surface area contributed by atoms with Gasteiger partial charge in [0.05, 0.1) is 17.4 Å². The second-order valence-corrected chi connectivity index (χ2v) is 8.92. The smallest absolute Gasteiger partial charge is 0.273 e. The number of anilines is 1. The number of hydrogen-bond acceptors (Lipinski definition) is 7. The molecule has 1 saturated heterocycles. The van der Waals surface area contributed by atoms with Gasteiger partial charge in [0.1, 0.15) is 17.7 Å². The third kappa shape index (κ3) is 4.92. The number of amides is 1. The van der Waals surface area contributed by atoms with E-state index in [0.717, 1.165) is 46.4 Å². The second-order valence-electron chi connectivity index (χ2n) is 8.92. The molecular weight excluding hydrogens is 426 g/mol. The van der Waals surface area contributed by atoms with E-state index < -0.39 is 0 Å². The number of carbonyl (C=O) groups excluding carboxylic acids is 1. The van der Waals surface area contributed by atoms with Crippen LogP contribution in [0.5, 0.6) is 0 Å². The van der Waals surface area contributed by atoms with Gasteiger partial charge in [-0.3, -0.25) is 9.79 Å². The Morgan fingerprint density at radius 1 is 1.35 bits per heavy atom. The van der Waals surface area contributed by atoms with Crippen LogP contribution in [0.25, 0.3) is 10.8 Å². The highest BCUT2D eigenvalue weighted by atomic mass is 16.2. The Labute approximate surface area is 200 Å². The molecule has 1 fully saturated rings. The third-order valence-electron chi connectivity index (χ3n) is 6.15. The lowest BCUT2D eigenvalue weighted by molar-refractivity contribution is 0.0705. The van der Waals surface area contributed by atoms with E-state index in [4.69, 9.17) is 4.98 Å². The topological polar surface area (TPSA) is 95.4 Å². The van der Waals surface area contributed by atoms with Gasteiger partial charge in [0, 0.05) is 37.3 Å². The number of nitrogens with one attached hydrogen (secondary N) is 2. The minimum Gasteiger partial charge on any atom is -0.360 e. The van der Waals surface area contributed by atoms with E-state index in [1.807, 2.05) is 57.0 Å². The second kappa shape index (κ2) is 10.3. The summed E-state index contributed by atoms with van der Waals surface area (Å²) in [7, 11) is 0. The standard InChI is InChI=1S/C26H33N7O/c1-6-10-28-23-19(5)29-15-30-25(23)31-18(4)21-13-20-9-7-8-16(2)22(20)24(32-21)26(34)33-12-11-27-17(3)14-33/h7-10,13,15,17-18,27H,6,11-12,14H2,1-5H3,(H,29,30,31)/t17-,18+/m1/s1. The highest BCUT2D eigenvalue weighted by Crippen LogP contribution is 2.30. The molecule has 178 valence electrons. The molecule has 2 aromatic heterocycles. The van der Waals surface area contributed by atoms with E-state index in [1.54, 1.807) is 0 Å². The van der Waals surface area contributed by atoms with Crippen molar-refractivity contribution < 1.29 is 4.79 Å². The first kappa shape index (κ1) is 23.8. The van der Waals surface area contributed by atoms with Crippen molar-refractivity contribution in [3.05, 3.63) is 53.2 Å². The van der Waals surface area contributed by atoms with Crippen LogP contribution in [-0.2, 0) is 0 Å². The summed E-state index contributed by atoms with van der Waals surface area (Å²) in [5.74, 6) is 0.632. The maximum absolute atomic E-state index is 13.6. The van der Waals surface area contributed by atoms with E-state index in [1.165, 1.54) is 6.33 Å². The maximum Gasteiger partial charge on any atom is 0.273 e. The fraction of sp³-hybridized carbons (Fsp3) is 0.423. The summed E-state index contributed by atoms with van der Waals surface area (Å²) in [6.45, 7) is 12.2. The molecule has 1 aromatic carbocycles.